The summed E-state index contributed by atoms with van der Waals surface area (Å²) in [6, 6.07) is 9.40. The number of aryl methyl sites for hydroxylation is 1. The molecule has 2 aliphatic rings. The van der Waals surface area contributed by atoms with E-state index in [0.717, 1.165) is 36.5 Å². The zero-order valence-electron chi connectivity index (χ0n) is 21.8. The van der Waals surface area contributed by atoms with Crippen LogP contribution in [-0.4, -0.2) is 69.6 Å². The summed E-state index contributed by atoms with van der Waals surface area (Å²) in [6.45, 7) is 7.51. The van der Waals surface area contributed by atoms with Crippen LogP contribution in [0.3, 0.4) is 0 Å². The Balaban J connectivity index is 1.33. The van der Waals surface area contributed by atoms with E-state index in [0.29, 0.717) is 47.7 Å². The van der Waals surface area contributed by atoms with Gasteiger partial charge in [0.1, 0.15) is 0 Å². The third-order valence-corrected chi connectivity index (χ3v) is 6.82. The average molecular weight is 541 g/mol. The number of hydrogen-bond donors (Lipinski definition) is 3. The lowest BCUT2D eigenvalue weighted by Crippen LogP contribution is -2.51. The first-order valence-corrected chi connectivity index (χ1v) is 13.1. The summed E-state index contributed by atoms with van der Waals surface area (Å²) < 4.78 is 11.0. The second-order valence-corrected chi connectivity index (χ2v) is 10.4. The molecule has 2 bridgehead atoms. The van der Waals surface area contributed by atoms with E-state index in [1.165, 1.54) is 0 Å². The molecule has 202 valence electrons. The second-order valence-electron chi connectivity index (χ2n) is 10.0. The van der Waals surface area contributed by atoms with E-state index in [1.54, 1.807) is 38.4 Å². The Hall–Kier alpha value is -3.18. The summed E-state index contributed by atoms with van der Waals surface area (Å²) in [6.07, 6.45) is 3.83. The smallest absolute Gasteiger partial charge is 0.215 e. The van der Waals surface area contributed by atoms with E-state index in [1.807, 2.05) is 30.0 Å². The van der Waals surface area contributed by atoms with Crippen LogP contribution in [0.4, 0.5) is 17.2 Å². The highest BCUT2D eigenvalue weighted by Crippen LogP contribution is 2.43. The monoisotopic (exact) mass is 540 g/mol. The molecule has 10 nitrogen and oxygen atoms in total. The van der Waals surface area contributed by atoms with Gasteiger partial charge in [-0.3, -0.25) is 4.98 Å². The molecule has 5 heterocycles. The van der Waals surface area contributed by atoms with Gasteiger partial charge < -0.3 is 34.8 Å². The fourth-order valence-electron chi connectivity index (χ4n) is 4.82. The number of anilines is 3. The van der Waals surface area contributed by atoms with Crippen molar-refractivity contribution < 1.29 is 19.7 Å². The molecule has 2 unspecified atom stereocenters. The van der Waals surface area contributed by atoms with Crippen molar-refractivity contribution in [1.82, 2.24) is 15.0 Å². The summed E-state index contributed by atoms with van der Waals surface area (Å²) in [5.41, 5.74) is 3.98. The zero-order chi connectivity index (χ0) is 26.9. The Kier molecular flexibility index (Phi) is 7.58. The predicted molar refractivity (Wildman–Crippen MR) is 147 cm³/mol. The summed E-state index contributed by atoms with van der Waals surface area (Å²) in [4.78, 5) is 17.7. The number of nitrogens with one attached hydrogen (secondary N) is 1. The van der Waals surface area contributed by atoms with Gasteiger partial charge in [-0.2, -0.15) is 0 Å². The Morgan fingerprint density at radius 2 is 2.00 bits per heavy atom. The van der Waals surface area contributed by atoms with Crippen molar-refractivity contribution in [1.29, 1.82) is 0 Å². The van der Waals surface area contributed by atoms with Crippen LogP contribution >= 0.6 is 11.6 Å². The molecule has 0 aromatic carbocycles. The predicted octanol–water partition coefficient (Wildman–Crippen LogP) is 3.80. The van der Waals surface area contributed by atoms with E-state index in [-0.39, 0.29) is 6.04 Å². The third-order valence-electron chi connectivity index (χ3n) is 6.54. The maximum Gasteiger partial charge on any atom is 0.215 e. The van der Waals surface area contributed by atoms with Crippen molar-refractivity contribution in [3.05, 3.63) is 53.4 Å². The molecular weight excluding hydrogens is 508 g/mol. The minimum absolute atomic E-state index is 0.0963. The van der Waals surface area contributed by atoms with Crippen molar-refractivity contribution in [2.75, 3.05) is 41.4 Å². The summed E-state index contributed by atoms with van der Waals surface area (Å²) in [5.74, 6) is -0.0541. The van der Waals surface area contributed by atoms with Gasteiger partial charge >= 0.3 is 0 Å². The van der Waals surface area contributed by atoms with Crippen LogP contribution in [-0.2, 0) is 4.74 Å². The molecule has 3 aromatic rings. The van der Waals surface area contributed by atoms with Crippen molar-refractivity contribution in [3.63, 3.8) is 0 Å². The maximum atomic E-state index is 11.4. The Morgan fingerprint density at radius 3 is 2.79 bits per heavy atom. The van der Waals surface area contributed by atoms with Crippen LogP contribution < -0.4 is 19.9 Å². The molecular formula is C27H33ClN6O4. The number of nitrogens with zero attached hydrogens (tertiary/aromatic N) is 5. The molecule has 38 heavy (non-hydrogen) atoms. The number of rotatable bonds is 10. The Bertz CT molecular complexity index is 1290. The van der Waals surface area contributed by atoms with E-state index in [2.05, 4.69) is 20.2 Å². The second kappa shape index (κ2) is 10.9. The average Bonchev–Trinajstić information content (AvgIpc) is 3.28. The molecule has 3 N–H and O–H groups in total. The number of aliphatic hydroxyl groups is 2. The van der Waals surface area contributed by atoms with Crippen LogP contribution in [0.5, 0.6) is 5.88 Å². The molecule has 0 aliphatic carbocycles. The zero-order valence-corrected chi connectivity index (χ0v) is 22.5. The van der Waals surface area contributed by atoms with E-state index in [9.17, 15) is 10.2 Å². The third kappa shape index (κ3) is 5.94. The fraction of sp³-hybridized carbons (Fsp3) is 0.444. The van der Waals surface area contributed by atoms with Gasteiger partial charge in [0, 0.05) is 54.9 Å². The standard InChI is InChI=1S/C27H33ClN6O4/c1-17-13-18(5-8-29-17)24-21(28)15-22-25(32-24)34(20-7-10-33(22)16-20)26(35)31-19-6-9-30-23(14-19)37-11-4-12-38-27(2,3)36/h5-6,8-9,13-15,20,26,35-36H,4,7,10-12,16H2,1-3H3,(H,30,31). The van der Waals surface area contributed by atoms with Gasteiger partial charge in [-0.05, 0) is 51.5 Å². The highest BCUT2D eigenvalue weighted by atomic mass is 35.5. The van der Waals surface area contributed by atoms with Crippen LogP contribution in [0.15, 0.2) is 42.7 Å². The molecule has 1 fully saturated rings. The van der Waals surface area contributed by atoms with Gasteiger partial charge in [0.05, 0.1) is 35.7 Å². The minimum Gasteiger partial charge on any atom is -0.478 e. The van der Waals surface area contributed by atoms with Gasteiger partial charge in [-0.15, -0.1) is 0 Å². The molecule has 3 aromatic heterocycles. The molecule has 0 spiro atoms. The van der Waals surface area contributed by atoms with Gasteiger partial charge in [-0.25, -0.2) is 9.97 Å². The number of aromatic nitrogens is 3. The molecule has 0 radical (unpaired) electrons. The molecule has 11 heteroatoms. The van der Waals surface area contributed by atoms with Crippen molar-refractivity contribution in [2.45, 2.75) is 51.8 Å². The molecule has 0 amide bonds. The van der Waals surface area contributed by atoms with Gasteiger partial charge in [-0.1, -0.05) is 11.6 Å². The van der Waals surface area contributed by atoms with Crippen molar-refractivity contribution in [3.8, 4) is 17.1 Å². The summed E-state index contributed by atoms with van der Waals surface area (Å²) in [5, 5.41) is 24.8. The molecule has 5 rings (SSSR count). The number of aliphatic hydroxyl groups excluding tert-OH is 1. The molecule has 0 saturated carbocycles. The first-order chi connectivity index (χ1) is 18.2. The highest BCUT2D eigenvalue weighted by Gasteiger charge is 2.40. The van der Waals surface area contributed by atoms with E-state index in [4.69, 9.17) is 26.1 Å². The van der Waals surface area contributed by atoms with E-state index < -0.39 is 12.1 Å². The van der Waals surface area contributed by atoms with Gasteiger partial charge in [0.25, 0.3) is 0 Å². The topological polar surface area (TPSA) is 116 Å². The molecule has 2 aliphatic heterocycles. The van der Waals surface area contributed by atoms with Crippen LogP contribution in [0, 0.1) is 6.92 Å². The number of halogens is 1. The van der Waals surface area contributed by atoms with Gasteiger partial charge in [0.15, 0.2) is 11.6 Å². The van der Waals surface area contributed by atoms with Gasteiger partial charge in [0.2, 0.25) is 12.2 Å². The van der Waals surface area contributed by atoms with Crippen LogP contribution in [0.2, 0.25) is 5.02 Å². The normalized spacial score (nSPS) is 17.4. The highest BCUT2D eigenvalue weighted by molar-refractivity contribution is 6.33. The first-order valence-electron chi connectivity index (χ1n) is 12.7. The van der Waals surface area contributed by atoms with E-state index >= 15 is 0 Å². The number of pyridine rings is 3. The van der Waals surface area contributed by atoms with Crippen molar-refractivity contribution >= 4 is 28.8 Å². The lowest BCUT2D eigenvalue weighted by molar-refractivity contribution is -0.176. The van der Waals surface area contributed by atoms with Crippen LogP contribution in [0.25, 0.3) is 11.3 Å². The largest absolute Gasteiger partial charge is 0.478 e. The summed E-state index contributed by atoms with van der Waals surface area (Å²) in [7, 11) is 0. The number of hydrogen-bond acceptors (Lipinski definition) is 10. The fourth-order valence-corrected chi connectivity index (χ4v) is 5.07. The summed E-state index contributed by atoms with van der Waals surface area (Å²) >= 11 is 6.69. The quantitative estimate of drug-likeness (QED) is 0.259. The van der Waals surface area contributed by atoms with Crippen molar-refractivity contribution in [2.24, 2.45) is 0 Å². The van der Waals surface area contributed by atoms with Crippen LogP contribution in [0.1, 0.15) is 32.4 Å². The lowest BCUT2D eigenvalue weighted by atomic mass is 10.1. The maximum absolute atomic E-state index is 11.4. The SMILES string of the molecule is Cc1cc(-c2nc3c(cc2Cl)N2CCC(C2)N3C(O)Nc2ccnc(OCCCOC(C)(C)O)c2)ccn1. The Labute approximate surface area is 227 Å². The molecule has 1 saturated heterocycles. The first kappa shape index (κ1) is 26.4. The lowest BCUT2D eigenvalue weighted by Gasteiger charge is -2.40. The minimum atomic E-state index is -1.17. The number of fused-ring (bicyclic) bond motifs is 4. The molecule has 2 atom stereocenters. The number of ether oxygens (including phenoxy) is 2. The Morgan fingerprint density at radius 1 is 1.18 bits per heavy atom.